The Bertz CT molecular complexity index is 1490. The first-order valence-corrected chi connectivity index (χ1v) is 13.3. The van der Waals surface area contributed by atoms with Gasteiger partial charge >= 0.3 is 0 Å². The molecule has 2 aromatic heterocycles. The van der Waals surface area contributed by atoms with E-state index in [0.717, 1.165) is 6.07 Å². The minimum atomic E-state index is -1.13. The van der Waals surface area contributed by atoms with Crippen molar-refractivity contribution in [3.05, 3.63) is 60.1 Å². The number of fused-ring (bicyclic) bond motifs is 1. The molecule has 0 aliphatic rings. The molecule has 4 N–H and O–H groups in total. The fourth-order valence-electron chi connectivity index (χ4n) is 4.18. The molecule has 4 rings (SSSR count). The summed E-state index contributed by atoms with van der Waals surface area (Å²) in [5, 5.41) is 22.4. The van der Waals surface area contributed by atoms with Gasteiger partial charge in [0.05, 0.1) is 42.8 Å². The molecule has 224 valence electrons. The average molecular weight is 586 g/mol. The van der Waals surface area contributed by atoms with E-state index in [4.69, 9.17) is 14.2 Å². The van der Waals surface area contributed by atoms with Crippen molar-refractivity contribution in [3.63, 3.8) is 0 Å². The van der Waals surface area contributed by atoms with Gasteiger partial charge in [-0.1, -0.05) is 6.07 Å². The van der Waals surface area contributed by atoms with Gasteiger partial charge in [0.25, 0.3) is 0 Å². The Labute approximate surface area is 241 Å². The second-order valence-electron chi connectivity index (χ2n) is 9.11. The van der Waals surface area contributed by atoms with Crippen LogP contribution in [0.1, 0.15) is 12.6 Å². The maximum atomic E-state index is 13.9. The molecule has 0 atom stereocenters. The summed E-state index contributed by atoms with van der Waals surface area (Å²) in [6, 6.07) is 8.70. The van der Waals surface area contributed by atoms with E-state index in [1.807, 2.05) is 11.8 Å². The van der Waals surface area contributed by atoms with Gasteiger partial charge in [-0.15, -0.1) is 0 Å². The number of aromatic nitrogens is 4. The molecule has 2 heterocycles. The molecule has 0 saturated carbocycles. The maximum absolute atomic E-state index is 13.9. The van der Waals surface area contributed by atoms with Crippen LogP contribution in [0, 0.1) is 11.6 Å². The third-order valence-electron chi connectivity index (χ3n) is 6.13. The van der Waals surface area contributed by atoms with Crippen molar-refractivity contribution in [2.24, 2.45) is 0 Å². The number of halogens is 2. The second kappa shape index (κ2) is 15.0. The van der Waals surface area contributed by atoms with Gasteiger partial charge < -0.3 is 30.0 Å². The van der Waals surface area contributed by atoms with Gasteiger partial charge in [0.2, 0.25) is 5.91 Å². The van der Waals surface area contributed by atoms with Crippen molar-refractivity contribution < 1.29 is 32.9 Å². The average Bonchev–Trinajstić information content (AvgIpc) is 3.40. The van der Waals surface area contributed by atoms with E-state index < -0.39 is 17.5 Å². The van der Waals surface area contributed by atoms with E-state index in [1.165, 1.54) is 18.5 Å². The number of carbonyl (C=O) groups is 1. The highest BCUT2D eigenvalue weighted by Gasteiger charge is 2.17. The molecule has 0 aliphatic heterocycles. The topological polar surface area (TPSA) is 147 Å². The van der Waals surface area contributed by atoms with Crippen molar-refractivity contribution in [1.82, 2.24) is 25.1 Å². The number of hydrogen-bond donors (Lipinski definition) is 4. The number of carbonyl (C=O) groups excluding carboxylic acids is 1. The predicted octanol–water partition coefficient (Wildman–Crippen LogP) is 3.27. The Morgan fingerprint density at radius 2 is 1.93 bits per heavy atom. The van der Waals surface area contributed by atoms with Crippen molar-refractivity contribution in [1.29, 1.82) is 0 Å². The molecule has 0 spiro atoms. The molecule has 0 saturated heterocycles. The molecule has 12 nitrogen and oxygen atoms in total. The molecule has 42 heavy (non-hydrogen) atoms. The quantitative estimate of drug-likeness (QED) is 0.155. The largest absolute Gasteiger partial charge is 0.494 e. The normalized spacial score (nSPS) is 11.2. The Morgan fingerprint density at radius 1 is 1.10 bits per heavy atom. The minimum absolute atomic E-state index is 0.0172. The first-order chi connectivity index (χ1) is 20.4. The monoisotopic (exact) mass is 585 g/mol. The van der Waals surface area contributed by atoms with Gasteiger partial charge in [-0.25, -0.2) is 18.7 Å². The lowest BCUT2D eigenvalue weighted by Crippen LogP contribution is -2.33. The molecule has 0 radical (unpaired) electrons. The number of aliphatic hydroxyl groups excluding tert-OH is 1. The molecule has 0 fully saturated rings. The molecule has 2 aromatic carbocycles. The number of H-pyrrole nitrogens is 1. The second-order valence-corrected chi connectivity index (χ2v) is 9.11. The summed E-state index contributed by atoms with van der Waals surface area (Å²) in [5.74, 6) is -0.890. The Hall–Kier alpha value is -4.40. The number of hydrogen-bond acceptors (Lipinski definition) is 10. The number of ether oxygens (including phenoxy) is 3. The molecular formula is C28H33F2N7O5. The van der Waals surface area contributed by atoms with E-state index in [9.17, 15) is 18.7 Å². The fraction of sp³-hybridized carbons (Fsp3) is 0.357. The number of methoxy groups -OCH3 is 1. The fourth-order valence-corrected chi connectivity index (χ4v) is 4.18. The van der Waals surface area contributed by atoms with Gasteiger partial charge in [-0.05, 0) is 19.1 Å². The van der Waals surface area contributed by atoms with Crippen LogP contribution in [0.3, 0.4) is 0 Å². The highest BCUT2D eigenvalue weighted by Crippen LogP contribution is 2.35. The first-order valence-electron chi connectivity index (χ1n) is 13.3. The molecule has 14 heteroatoms. The number of benzene rings is 2. The molecule has 0 unspecified atom stereocenters. The minimum Gasteiger partial charge on any atom is -0.494 e. The molecule has 4 aromatic rings. The number of nitrogens with zero attached hydrogens (tertiary/aromatic N) is 4. The predicted molar refractivity (Wildman–Crippen MR) is 152 cm³/mol. The Morgan fingerprint density at radius 3 is 2.71 bits per heavy atom. The van der Waals surface area contributed by atoms with Crippen LogP contribution in [-0.2, 0) is 16.0 Å². The zero-order chi connectivity index (χ0) is 29.9. The van der Waals surface area contributed by atoms with Crippen molar-refractivity contribution >= 4 is 34.1 Å². The summed E-state index contributed by atoms with van der Waals surface area (Å²) >= 11 is 0. The van der Waals surface area contributed by atoms with Gasteiger partial charge in [-0.2, -0.15) is 5.10 Å². The van der Waals surface area contributed by atoms with Gasteiger partial charge in [0.1, 0.15) is 30.3 Å². The number of amides is 1. The summed E-state index contributed by atoms with van der Waals surface area (Å²) in [6.07, 6.45) is 1.24. The van der Waals surface area contributed by atoms with E-state index in [0.29, 0.717) is 79.2 Å². The van der Waals surface area contributed by atoms with Crippen LogP contribution in [0.4, 0.5) is 26.1 Å². The van der Waals surface area contributed by atoms with E-state index >= 15 is 0 Å². The number of aliphatic hydroxyl groups is 1. The van der Waals surface area contributed by atoms with E-state index in [-0.39, 0.29) is 18.7 Å². The molecule has 0 aliphatic carbocycles. The van der Waals surface area contributed by atoms with Crippen LogP contribution in [0.5, 0.6) is 11.5 Å². The third-order valence-corrected chi connectivity index (χ3v) is 6.13. The number of anilines is 3. The maximum Gasteiger partial charge on any atom is 0.230 e. The Kier molecular flexibility index (Phi) is 10.9. The van der Waals surface area contributed by atoms with Crippen molar-refractivity contribution in [3.8, 4) is 11.5 Å². The third kappa shape index (κ3) is 8.09. The number of rotatable bonds is 16. The lowest BCUT2D eigenvalue weighted by molar-refractivity contribution is -0.115. The van der Waals surface area contributed by atoms with E-state index in [2.05, 4.69) is 30.8 Å². The summed E-state index contributed by atoms with van der Waals surface area (Å²) < 4.78 is 44.4. The van der Waals surface area contributed by atoms with Gasteiger partial charge in [0.15, 0.2) is 17.5 Å². The van der Waals surface area contributed by atoms with Gasteiger partial charge in [-0.3, -0.25) is 14.8 Å². The van der Waals surface area contributed by atoms with Crippen LogP contribution < -0.4 is 20.1 Å². The lowest BCUT2D eigenvalue weighted by Gasteiger charge is -2.21. The van der Waals surface area contributed by atoms with E-state index in [1.54, 1.807) is 25.3 Å². The molecular weight excluding hydrogens is 552 g/mol. The van der Waals surface area contributed by atoms with Crippen LogP contribution in [0.15, 0.2) is 42.7 Å². The lowest BCUT2D eigenvalue weighted by atomic mass is 10.2. The number of aromatic amines is 1. The highest BCUT2D eigenvalue weighted by molar-refractivity contribution is 5.96. The molecule has 1 amide bonds. The summed E-state index contributed by atoms with van der Waals surface area (Å²) in [4.78, 5) is 23.2. The SMILES string of the molecule is CCOc1cc(OCCN(CCO)CCOC)c2c(Nc3cc(CC(=O)Nc4cccc(F)c4F)[nH]n3)ncnc2c1. The van der Waals surface area contributed by atoms with Crippen molar-refractivity contribution in [2.45, 2.75) is 13.3 Å². The first kappa shape index (κ1) is 30.6. The number of nitrogens with one attached hydrogen (secondary N) is 3. The van der Waals surface area contributed by atoms with Crippen LogP contribution in [0.2, 0.25) is 0 Å². The summed E-state index contributed by atoms with van der Waals surface area (Å²) in [6.45, 7) is 4.87. The smallest absolute Gasteiger partial charge is 0.230 e. The van der Waals surface area contributed by atoms with Crippen LogP contribution in [0.25, 0.3) is 10.9 Å². The van der Waals surface area contributed by atoms with Crippen molar-refractivity contribution in [2.75, 3.05) is 63.8 Å². The Balaban J connectivity index is 1.50. The highest BCUT2D eigenvalue weighted by atomic mass is 19.2. The van der Waals surface area contributed by atoms with Crippen LogP contribution in [-0.4, -0.2) is 89.3 Å². The zero-order valence-electron chi connectivity index (χ0n) is 23.3. The van der Waals surface area contributed by atoms with Gasteiger partial charge in [0, 0.05) is 50.6 Å². The summed E-state index contributed by atoms with van der Waals surface area (Å²) in [7, 11) is 1.62. The molecule has 0 bridgehead atoms. The standard InChI is InChI=1S/C28H33F2N7O5/c1-3-41-19-15-22-26(23(16-19)42-12-9-37(7-10-38)8-11-40-2)28(32-17-31-22)34-24-13-18(35-36-24)14-25(39)33-21-6-4-5-20(29)27(21)30/h4-6,13,15-17,38H,3,7-12,14H2,1-2H3,(H,33,39)(H2,31,32,34,35,36). The van der Waals surface area contributed by atoms with Crippen LogP contribution >= 0.6 is 0 Å². The zero-order valence-corrected chi connectivity index (χ0v) is 23.3. The summed E-state index contributed by atoms with van der Waals surface area (Å²) in [5.41, 5.74) is 0.759.